The number of anilines is 3. The molecule has 4 rings (SSSR count). The van der Waals surface area contributed by atoms with Crippen molar-refractivity contribution >= 4 is 29.1 Å². The van der Waals surface area contributed by atoms with E-state index in [0.29, 0.717) is 41.5 Å². The maximum atomic E-state index is 6.16. The number of methoxy groups -OCH3 is 1. The Labute approximate surface area is 161 Å². The molecule has 9 heteroatoms. The molecule has 0 spiro atoms. The highest BCUT2D eigenvalue weighted by atomic mass is 35.5. The van der Waals surface area contributed by atoms with E-state index in [2.05, 4.69) is 25.7 Å². The molecule has 3 heterocycles. The Balaban J connectivity index is 1.78. The summed E-state index contributed by atoms with van der Waals surface area (Å²) in [6.45, 7) is 3.15. The van der Waals surface area contributed by atoms with Gasteiger partial charge >= 0.3 is 0 Å². The van der Waals surface area contributed by atoms with Crippen LogP contribution >= 0.6 is 11.6 Å². The van der Waals surface area contributed by atoms with Crippen LogP contribution in [-0.2, 0) is 0 Å². The Bertz CT molecular complexity index is 974. The third kappa shape index (κ3) is 3.48. The molecule has 0 atom stereocenters. The van der Waals surface area contributed by atoms with Crippen LogP contribution in [0.15, 0.2) is 30.5 Å². The highest BCUT2D eigenvalue weighted by Gasteiger charge is 2.20. The number of nitrogens with one attached hydrogen (secondary N) is 2. The molecule has 0 amide bonds. The summed E-state index contributed by atoms with van der Waals surface area (Å²) < 4.78 is 13.0. The second kappa shape index (κ2) is 7.32. The normalized spacial score (nSPS) is 13.4. The zero-order chi connectivity index (χ0) is 18.8. The molecule has 0 saturated carbocycles. The summed E-state index contributed by atoms with van der Waals surface area (Å²) in [5, 5.41) is 11.5. The fourth-order valence-corrected chi connectivity index (χ4v) is 2.98. The number of ether oxygens (including phenoxy) is 2. The molecule has 2 N–H and O–H groups in total. The van der Waals surface area contributed by atoms with Crippen LogP contribution in [0.3, 0.4) is 0 Å². The highest BCUT2D eigenvalue weighted by Crippen LogP contribution is 2.33. The van der Waals surface area contributed by atoms with Crippen molar-refractivity contribution in [1.82, 2.24) is 19.7 Å². The van der Waals surface area contributed by atoms with E-state index in [1.165, 1.54) is 0 Å². The van der Waals surface area contributed by atoms with E-state index in [4.69, 9.17) is 21.1 Å². The predicted molar refractivity (Wildman–Crippen MR) is 104 cm³/mol. The van der Waals surface area contributed by atoms with Crippen molar-refractivity contribution in [2.75, 3.05) is 30.9 Å². The zero-order valence-corrected chi connectivity index (χ0v) is 15.7. The van der Waals surface area contributed by atoms with Gasteiger partial charge in [0.15, 0.2) is 5.82 Å². The van der Waals surface area contributed by atoms with Crippen LogP contribution in [0.1, 0.15) is 12.1 Å². The number of benzene rings is 1. The largest absolute Gasteiger partial charge is 0.497 e. The van der Waals surface area contributed by atoms with E-state index in [0.717, 1.165) is 23.6 Å². The molecule has 8 nitrogen and oxygen atoms in total. The van der Waals surface area contributed by atoms with Gasteiger partial charge in [0.05, 0.1) is 31.3 Å². The van der Waals surface area contributed by atoms with Crippen molar-refractivity contribution < 1.29 is 9.47 Å². The van der Waals surface area contributed by atoms with E-state index in [1.807, 2.05) is 31.2 Å². The highest BCUT2D eigenvalue weighted by molar-refractivity contribution is 6.32. The summed E-state index contributed by atoms with van der Waals surface area (Å²) >= 11 is 6.16. The van der Waals surface area contributed by atoms with Crippen LogP contribution in [-0.4, -0.2) is 40.0 Å². The van der Waals surface area contributed by atoms with Crippen LogP contribution < -0.4 is 20.1 Å². The fraction of sp³-hybridized carbons (Fsp3) is 0.278. The maximum Gasteiger partial charge on any atom is 0.257 e. The van der Waals surface area contributed by atoms with Gasteiger partial charge in [0.1, 0.15) is 16.5 Å². The number of hydrogen-bond donors (Lipinski definition) is 2. The van der Waals surface area contributed by atoms with Crippen molar-refractivity contribution in [2.45, 2.75) is 13.3 Å². The molecule has 1 aromatic carbocycles. The Hall–Kier alpha value is -3.00. The molecule has 1 aliphatic heterocycles. The van der Waals surface area contributed by atoms with Gasteiger partial charge in [-0.1, -0.05) is 17.7 Å². The predicted octanol–water partition coefficient (Wildman–Crippen LogP) is 3.57. The van der Waals surface area contributed by atoms with Gasteiger partial charge in [0, 0.05) is 12.6 Å². The smallest absolute Gasteiger partial charge is 0.257 e. The monoisotopic (exact) mass is 386 g/mol. The van der Waals surface area contributed by atoms with E-state index in [9.17, 15) is 0 Å². The summed E-state index contributed by atoms with van der Waals surface area (Å²) in [4.78, 5) is 8.70. The quantitative estimate of drug-likeness (QED) is 0.696. The molecular weight excluding hydrogens is 368 g/mol. The first kappa shape index (κ1) is 17.4. The SMILES string of the molecule is COc1cccc(-n2nc3c(c2C)Nc2ncc(Cl)c(n2)NCCCO3)c1. The molecule has 0 radical (unpaired) electrons. The summed E-state index contributed by atoms with van der Waals surface area (Å²) in [5.74, 6) is 2.26. The molecule has 2 bridgehead atoms. The minimum atomic E-state index is 0.418. The van der Waals surface area contributed by atoms with Crippen LogP contribution in [0.2, 0.25) is 5.02 Å². The molecule has 2 aromatic heterocycles. The lowest BCUT2D eigenvalue weighted by atomic mass is 10.3. The van der Waals surface area contributed by atoms with Crippen molar-refractivity contribution in [3.05, 3.63) is 41.2 Å². The molecule has 0 aliphatic carbocycles. The van der Waals surface area contributed by atoms with E-state index in [-0.39, 0.29) is 0 Å². The van der Waals surface area contributed by atoms with Gasteiger partial charge in [-0.15, -0.1) is 5.10 Å². The topological polar surface area (TPSA) is 86.1 Å². The van der Waals surface area contributed by atoms with Gasteiger partial charge in [-0.25, -0.2) is 9.67 Å². The lowest BCUT2D eigenvalue weighted by Crippen LogP contribution is -2.09. The van der Waals surface area contributed by atoms with Gasteiger partial charge in [-0.05, 0) is 25.5 Å². The maximum absolute atomic E-state index is 6.16. The lowest BCUT2D eigenvalue weighted by molar-refractivity contribution is 0.302. The average molecular weight is 387 g/mol. The molecule has 0 saturated heterocycles. The van der Waals surface area contributed by atoms with Gasteiger partial charge in [-0.3, -0.25) is 0 Å². The number of nitrogens with zero attached hydrogens (tertiary/aromatic N) is 4. The molecule has 140 valence electrons. The van der Waals surface area contributed by atoms with Crippen LogP contribution in [0.4, 0.5) is 17.5 Å². The van der Waals surface area contributed by atoms with Gasteiger partial charge < -0.3 is 20.1 Å². The van der Waals surface area contributed by atoms with Crippen molar-refractivity contribution in [3.63, 3.8) is 0 Å². The molecule has 0 fully saturated rings. The Morgan fingerprint density at radius 1 is 1.33 bits per heavy atom. The zero-order valence-electron chi connectivity index (χ0n) is 15.0. The minimum absolute atomic E-state index is 0.418. The van der Waals surface area contributed by atoms with Gasteiger partial charge in [0.2, 0.25) is 5.95 Å². The van der Waals surface area contributed by atoms with Crippen LogP contribution in [0.5, 0.6) is 11.6 Å². The first-order valence-corrected chi connectivity index (χ1v) is 8.94. The summed E-state index contributed by atoms with van der Waals surface area (Å²) in [5.41, 5.74) is 2.45. The molecule has 1 aliphatic rings. The number of fused-ring (bicyclic) bond motifs is 3. The Kier molecular flexibility index (Phi) is 4.72. The van der Waals surface area contributed by atoms with Crippen LogP contribution in [0.25, 0.3) is 5.69 Å². The van der Waals surface area contributed by atoms with E-state index < -0.39 is 0 Å². The second-order valence-electron chi connectivity index (χ2n) is 6.02. The molecular formula is C18H19ClN6O2. The standard InChI is InChI=1S/C18H19ClN6O2/c1-11-15-17(24-25(11)12-5-3-6-13(9-12)26-2)27-8-4-7-20-16-14(19)10-21-18(22-15)23-16/h3,5-6,9-10H,4,7-8H2,1-2H3,(H2,20,21,22,23). The molecule has 0 unspecified atom stereocenters. The number of rotatable bonds is 2. The minimum Gasteiger partial charge on any atom is -0.497 e. The lowest BCUT2D eigenvalue weighted by Gasteiger charge is -2.09. The first-order chi connectivity index (χ1) is 13.2. The van der Waals surface area contributed by atoms with Gasteiger partial charge in [0.25, 0.3) is 5.88 Å². The first-order valence-electron chi connectivity index (χ1n) is 8.56. The fourth-order valence-electron chi connectivity index (χ4n) is 2.83. The second-order valence-corrected chi connectivity index (χ2v) is 6.43. The molecule has 3 aromatic rings. The van der Waals surface area contributed by atoms with Crippen LogP contribution in [0, 0.1) is 6.92 Å². The summed E-state index contributed by atoms with van der Waals surface area (Å²) in [6.07, 6.45) is 2.35. The van der Waals surface area contributed by atoms with Gasteiger partial charge in [-0.2, -0.15) is 4.98 Å². The van der Waals surface area contributed by atoms with E-state index in [1.54, 1.807) is 18.0 Å². The molecule has 27 heavy (non-hydrogen) atoms. The van der Waals surface area contributed by atoms with Crippen molar-refractivity contribution in [1.29, 1.82) is 0 Å². The summed E-state index contributed by atoms with van der Waals surface area (Å²) in [7, 11) is 1.64. The average Bonchev–Trinajstić information content (AvgIpc) is 2.98. The number of aromatic nitrogens is 4. The Morgan fingerprint density at radius 2 is 2.22 bits per heavy atom. The number of hydrogen-bond acceptors (Lipinski definition) is 7. The number of halogens is 1. The van der Waals surface area contributed by atoms with E-state index >= 15 is 0 Å². The van der Waals surface area contributed by atoms with Crippen molar-refractivity contribution in [3.8, 4) is 17.3 Å². The Morgan fingerprint density at radius 3 is 3.07 bits per heavy atom. The summed E-state index contributed by atoms with van der Waals surface area (Å²) in [6, 6.07) is 7.68. The van der Waals surface area contributed by atoms with Crippen molar-refractivity contribution in [2.24, 2.45) is 0 Å². The third-order valence-corrected chi connectivity index (χ3v) is 4.49. The third-order valence-electron chi connectivity index (χ3n) is 4.22.